The third-order valence-corrected chi connectivity index (χ3v) is 7.11. The number of hydrogen-bond donors (Lipinski definition) is 1. The van der Waals surface area contributed by atoms with Gasteiger partial charge in [-0.15, -0.1) is 0 Å². The van der Waals surface area contributed by atoms with E-state index in [1.165, 1.54) is 11.2 Å². The van der Waals surface area contributed by atoms with Crippen LogP contribution in [0.15, 0.2) is 76.9 Å². The van der Waals surface area contributed by atoms with Crippen LogP contribution in [0.5, 0.6) is 5.75 Å². The first-order valence-corrected chi connectivity index (χ1v) is 12.9. The van der Waals surface area contributed by atoms with Gasteiger partial charge in [0.25, 0.3) is 11.7 Å². The zero-order valence-corrected chi connectivity index (χ0v) is 21.5. The predicted octanol–water partition coefficient (Wildman–Crippen LogP) is 4.31. The van der Waals surface area contributed by atoms with Crippen LogP contribution in [0.2, 0.25) is 0 Å². The number of likely N-dealkylation sites (tertiary alicyclic amines) is 1. The lowest BCUT2D eigenvalue weighted by Gasteiger charge is -2.28. The van der Waals surface area contributed by atoms with E-state index in [0.717, 1.165) is 30.8 Å². The van der Waals surface area contributed by atoms with E-state index in [1.54, 1.807) is 36.4 Å². The number of carbonyl (C=O) groups is 2. The second-order valence-electron chi connectivity index (χ2n) is 9.56. The van der Waals surface area contributed by atoms with E-state index in [0.29, 0.717) is 49.9 Å². The van der Waals surface area contributed by atoms with Crippen LogP contribution in [-0.2, 0) is 20.9 Å². The number of amides is 1. The maximum absolute atomic E-state index is 13.2. The van der Waals surface area contributed by atoms with Crippen molar-refractivity contribution in [3.8, 4) is 5.75 Å². The molecule has 8 heteroatoms. The highest BCUT2D eigenvalue weighted by Crippen LogP contribution is 2.39. The summed E-state index contributed by atoms with van der Waals surface area (Å²) in [6.45, 7) is 6.73. The number of furan rings is 1. The van der Waals surface area contributed by atoms with Crippen molar-refractivity contribution in [2.24, 2.45) is 0 Å². The molecule has 1 amide bonds. The van der Waals surface area contributed by atoms with E-state index in [4.69, 9.17) is 13.9 Å². The molecule has 2 aromatic carbocycles. The zero-order chi connectivity index (χ0) is 26.5. The van der Waals surface area contributed by atoms with Crippen molar-refractivity contribution in [2.75, 3.05) is 39.4 Å². The summed E-state index contributed by atoms with van der Waals surface area (Å²) < 4.78 is 16.9. The van der Waals surface area contributed by atoms with Gasteiger partial charge in [-0.3, -0.25) is 14.5 Å². The molecule has 2 fully saturated rings. The highest BCUT2D eigenvalue weighted by Gasteiger charge is 2.47. The summed E-state index contributed by atoms with van der Waals surface area (Å²) >= 11 is 0. The van der Waals surface area contributed by atoms with Gasteiger partial charge in [0.1, 0.15) is 29.9 Å². The van der Waals surface area contributed by atoms with Gasteiger partial charge in [0.05, 0.1) is 25.1 Å². The highest BCUT2D eigenvalue weighted by atomic mass is 16.5. The summed E-state index contributed by atoms with van der Waals surface area (Å²) in [5, 5.41) is 11.2. The number of carbonyl (C=O) groups excluding carboxylic acids is 2. The molecule has 0 unspecified atom stereocenters. The number of benzene rings is 2. The van der Waals surface area contributed by atoms with Gasteiger partial charge in [0, 0.05) is 31.7 Å². The number of ether oxygens (including phenoxy) is 2. The molecule has 3 aromatic rings. The van der Waals surface area contributed by atoms with Crippen LogP contribution in [0, 0.1) is 6.92 Å². The lowest BCUT2D eigenvalue weighted by Crippen LogP contribution is -2.38. The Balaban J connectivity index is 1.34. The molecule has 198 valence electrons. The number of hydrogen-bond acceptors (Lipinski definition) is 7. The number of aliphatic hydroxyl groups excluding tert-OH is 1. The fourth-order valence-electron chi connectivity index (χ4n) is 4.94. The number of nitrogens with zero attached hydrogens (tertiary/aromatic N) is 2. The fourth-order valence-corrected chi connectivity index (χ4v) is 4.94. The maximum atomic E-state index is 13.2. The van der Waals surface area contributed by atoms with Crippen LogP contribution in [0.1, 0.15) is 34.9 Å². The Morgan fingerprint density at radius 2 is 1.76 bits per heavy atom. The van der Waals surface area contributed by atoms with Gasteiger partial charge in [-0.2, -0.15) is 0 Å². The molecule has 1 aromatic heterocycles. The molecule has 2 aliphatic rings. The normalized spacial score (nSPS) is 19.7. The summed E-state index contributed by atoms with van der Waals surface area (Å²) in [4.78, 5) is 30.0. The topological polar surface area (TPSA) is 92.5 Å². The standard InChI is InChI=1S/C30H32N2O6/c1-21-6-2-3-7-23(21)20-38-24-11-9-22(10-12-24)28(33)26-27(25-8-4-17-37-25)32(30(35)29(26)34)14-5-13-31-15-18-36-19-16-31/h2-4,6-12,17,27,33H,5,13-16,18-20H2,1H3/b28-26+/t27-/m1/s1. The average molecular weight is 517 g/mol. The van der Waals surface area contributed by atoms with Crippen molar-refractivity contribution >= 4 is 17.4 Å². The molecule has 1 N–H and O–H groups in total. The molecule has 2 aliphatic heterocycles. The van der Waals surface area contributed by atoms with E-state index >= 15 is 0 Å². The Hall–Kier alpha value is -3.88. The molecule has 5 rings (SSSR count). The summed E-state index contributed by atoms with van der Waals surface area (Å²) in [5.74, 6) is -0.500. The van der Waals surface area contributed by atoms with Gasteiger partial charge in [0.2, 0.25) is 0 Å². The molecule has 1 atom stereocenters. The van der Waals surface area contributed by atoms with E-state index in [-0.39, 0.29) is 11.3 Å². The number of ketones is 1. The van der Waals surface area contributed by atoms with Crippen molar-refractivity contribution in [1.29, 1.82) is 0 Å². The Morgan fingerprint density at radius 1 is 1.00 bits per heavy atom. The molecule has 8 nitrogen and oxygen atoms in total. The van der Waals surface area contributed by atoms with Crippen LogP contribution in [-0.4, -0.2) is 66.0 Å². The molecule has 0 radical (unpaired) electrons. The van der Waals surface area contributed by atoms with Crippen molar-refractivity contribution < 1.29 is 28.6 Å². The molecule has 0 saturated carbocycles. The highest BCUT2D eigenvalue weighted by molar-refractivity contribution is 6.46. The van der Waals surface area contributed by atoms with Gasteiger partial charge in [-0.25, -0.2) is 0 Å². The Morgan fingerprint density at radius 3 is 2.47 bits per heavy atom. The van der Waals surface area contributed by atoms with E-state index in [2.05, 4.69) is 4.90 Å². The quantitative estimate of drug-likeness (QED) is 0.257. The van der Waals surface area contributed by atoms with E-state index < -0.39 is 17.7 Å². The number of rotatable bonds is 9. The van der Waals surface area contributed by atoms with E-state index in [1.807, 2.05) is 31.2 Å². The Kier molecular flexibility index (Phi) is 7.91. The third-order valence-electron chi connectivity index (χ3n) is 7.11. The Labute approximate surface area is 222 Å². The molecule has 0 spiro atoms. The number of aryl methyl sites for hydroxylation is 1. The van der Waals surface area contributed by atoms with Crippen molar-refractivity contribution in [2.45, 2.75) is 26.0 Å². The lowest BCUT2D eigenvalue weighted by molar-refractivity contribution is -0.140. The summed E-state index contributed by atoms with van der Waals surface area (Å²) in [7, 11) is 0. The van der Waals surface area contributed by atoms with E-state index in [9.17, 15) is 14.7 Å². The third kappa shape index (κ3) is 5.51. The first-order chi connectivity index (χ1) is 18.5. The Bertz CT molecular complexity index is 1290. The molecule has 2 saturated heterocycles. The van der Waals surface area contributed by atoms with Crippen LogP contribution < -0.4 is 4.74 Å². The second-order valence-corrected chi connectivity index (χ2v) is 9.56. The van der Waals surface area contributed by atoms with Gasteiger partial charge in [-0.05, 0) is 60.9 Å². The summed E-state index contributed by atoms with van der Waals surface area (Å²) in [5.41, 5.74) is 2.70. The average Bonchev–Trinajstić information content (AvgIpc) is 3.56. The molecule has 38 heavy (non-hydrogen) atoms. The minimum absolute atomic E-state index is 0.0323. The van der Waals surface area contributed by atoms with Gasteiger partial charge < -0.3 is 23.9 Å². The molecule has 0 aliphatic carbocycles. The zero-order valence-electron chi connectivity index (χ0n) is 21.5. The molecular formula is C30H32N2O6. The molecule has 0 bridgehead atoms. The second kappa shape index (κ2) is 11.7. The van der Waals surface area contributed by atoms with Gasteiger partial charge in [-0.1, -0.05) is 24.3 Å². The van der Waals surface area contributed by atoms with Gasteiger partial charge >= 0.3 is 0 Å². The smallest absolute Gasteiger partial charge is 0.295 e. The van der Waals surface area contributed by atoms with Crippen LogP contribution in [0.25, 0.3) is 5.76 Å². The SMILES string of the molecule is Cc1ccccc1COc1ccc(/C(O)=C2\C(=O)C(=O)N(CCCN3CCOCC3)[C@@H]2c2ccco2)cc1. The largest absolute Gasteiger partial charge is 0.507 e. The van der Waals surface area contributed by atoms with Crippen LogP contribution >= 0.6 is 0 Å². The number of Topliss-reactive ketones (excluding diaryl/α,β-unsaturated/α-hetero) is 1. The summed E-state index contributed by atoms with van der Waals surface area (Å²) in [6, 6.07) is 17.5. The van der Waals surface area contributed by atoms with Crippen LogP contribution in [0.4, 0.5) is 0 Å². The number of aliphatic hydroxyl groups is 1. The minimum atomic E-state index is -0.785. The van der Waals surface area contributed by atoms with Crippen molar-refractivity contribution in [3.05, 3.63) is 95.0 Å². The maximum Gasteiger partial charge on any atom is 0.295 e. The summed E-state index contributed by atoms with van der Waals surface area (Å²) in [6.07, 6.45) is 2.20. The van der Waals surface area contributed by atoms with Gasteiger partial charge in [0.15, 0.2) is 0 Å². The monoisotopic (exact) mass is 516 g/mol. The number of morpholine rings is 1. The first kappa shape index (κ1) is 25.8. The van der Waals surface area contributed by atoms with Crippen molar-refractivity contribution in [3.63, 3.8) is 0 Å². The van der Waals surface area contributed by atoms with Crippen LogP contribution in [0.3, 0.4) is 0 Å². The predicted molar refractivity (Wildman–Crippen MR) is 142 cm³/mol. The lowest BCUT2D eigenvalue weighted by atomic mass is 9.99. The van der Waals surface area contributed by atoms with Crippen molar-refractivity contribution in [1.82, 2.24) is 9.80 Å². The fraction of sp³-hybridized carbons (Fsp3) is 0.333. The molecule has 3 heterocycles. The minimum Gasteiger partial charge on any atom is -0.507 e. The first-order valence-electron chi connectivity index (χ1n) is 12.9. The molecular weight excluding hydrogens is 484 g/mol.